The third-order valence-electron chi connectivity index (χ3n) is 6.91. The zero-order valence-electron chi connectivity index (χ0n) is 16.5. The lowest BCUT2D eigenvalue weighted by Crippen LogP contribution is -2.56. The summed E-state index contributed by atoms with van der Waals surface area (Å²) in [6.45, 7) is 10.0. The van der Waals surface area contributed by atoms with Crippen LogP contribution in [-0.2, 0) is 0 Å². The van der Waals surface area contributed by atoms with Gasteiger partial charge in [-0.25, -0.2) is 4.39 Å². The maximum atomic E-state index is 13.9. The van der Waals surface area contributed by atoms with E-state index in [0.717, 1.165) is 48.5 Å². The summed E-state index contributed by atoms with van der Waals surface area (Å²) in [5.41, 5.74) is 4.16. The number of hydrogen-bond donors (Lipinski definition) is 0. The third-order valence-corrected chi connectivity index (χ3v) is 7.69. The van der Waals surface area contributed by atoms with E-state index in [0.29, 0.717) is 5.41 Å². The zero-order valence-corrected chi connectivity index (χ0v) is 17.3. The first-order chi connectivity index (χ1) is 13.7. The molecule has 2 saturated heterocycles. The van der Waals surface area contributed by atoms with Crippen molar-refractivity contribution in [3.63, 3.8) is 0 Å². The zero-order chi connectivity index (χ0) is 19.1. The van der Waals surface area contributed by atoms with Crippen LogP contribution in [0.3, 0.4) is 0 Å². The number of piperazine rings is 1. The molecule has 3 fully saturated rings. The van der Waals surface area contributed by atoms with Gasteiger partial charge in [-0.05, 0) is 31.2 Å². The Labute approximate surface area is 170 Å². The second-order valence-corrected chi connectivity index (χ2v) is 9.50. The average molecular weight is 402 g/mol. The molecular formula is C21H28FN5S. The van der Waals surface area contributed by atoms with Crippen molar-refractivity contribution in [3.8, 4) is 10.6 Å². The molecule has 2 aromatic heterocycles. The van der Waals surface area contributed by atoms with Crippen molar-refractivity contribution >= 4 is 17.0 Å². The molecule has 2 aromatic rings. The molecule has 1 aliphatic carbocycles. The van der Waals surface area contributed by atoms with Crippen LogP contribution in [0.4, 0.5) is 10.1 Å². The van der Waals surface area contributed by atoms with Gasteiger partial charge >= 0.3 is 0 Å². The van der Waals surface area contributed by atoms with Gasteiger partial charge in [-0.15, -0.1) is 11.3 Å². The van der Waals surface area contributed by atoms with Crippen LogP contribution in [-0.4, -0.2) is 71.6 Å². The molecule has 1 atom stereocenters. The Balaban J connectivity index is 1.24. The van der Waals surface area contributed by atoms with E-state index in [-0.39, 0.29) is 5.82 Å². The van der Waals surface area contributed by atoms with Crippen LogP contribution in [0.15, 0.2) is 24.0 Å². The SMILES string of the molecule is CCN1CC2(CCC(N3CCN(c4cc(F)cnc4-c4cncs4)CC3)C2)C1. The first-order valence-electron chi connectivity index (χ1n) is 10.4. The van der Waals surface area contributed by atoms with E-state index in [1.54, 1.807) is 22.9 Å². The van der Waals surface area contributed by atoms with Crippen molar-refractivity contribution in [3.05, 3.63) is 29.8 Å². The van der Waals surface area contributed by atoms with Gasteiger partial charge in [0.05, 0.1) is 22.3 Å². The summed E-state index contributed by atoms with van der Waals surface area (Å²) in [6, 6.07) is 2.36. The molecule has 3 aliphatic rings. The topological polar surface area (TPSA) is 35.5 Å². The molecule has 1 unspecified atom stereocenters. The minimum Gasteiger partial charge on any atom is -0.367 e. The van der Waals surface area contributed by atoms with E-state index in [4.69, 9.17) is 0 Å². The van der Waals surface area contributed by atoms with Gasteiger partial charge in [-0.3, -0.25) is 14.9 Å². The molecule has 0 radical (unpaired) electrons. The molecule has 150 valence electrons. The summed E-state index contributed by atoms with van der Waals surface area (Å²) in [7, 11) is 0. The molecule has 1 spiro atoms. The molecule has 4 heterocycles. The first-order valence-corrected chi connectivity index (χ1v) is 11.3. The van der Waals surface area contributed by atoms with Crippen molar-refractivity contribution in [2.24, 2.45) is 5.41 Å². The van der Waals surface area contributed by atoms with Crippen molar-refractivity contribution in [1.29, 1.82) is 0 Å². The summed E-state index contributed by atoms with van der Waals surface area (Å²) in [5.74, 6) is -0.270. The van der Waals surface area contributed by atoms with E-state index < -0.39 is 0 Å². The normalized spacial score (nSPS) is 25.4. The smallest absolute Gasteiger partial charge is 0.143 e. The van der Waals surface area contributed by atoms with Crippen LogP contribution >= 0.6 is 11.3 Å². The molecule has 5 nitrogen and oxygen atoms in total. The van der Waals surface area contributed by atoms with Gasteiger partial charge < -0.3 is 9.80 Å². The lowest BCUT2D eigenvalue weighted by Gasteiger charge is -2.49. The Kier molecular flexibility index (Phi) is 4.85. The molecule has 1 saturated carbocycles. The van der Waals surface area contributed by atoms with Gasteiger partial charge in [0.1, 0.15) is 11.5 Å². The number of nitrogens with zero attached hydrogens (tertiary/aromatic N) is 5. The number of halogens is 1. The van der Waals surface area contributed by atoms with E-state index in [2.05, 4.69) is 31.6 Å². The number of pyridine rings is 1. The van der Waals surface area contributed by atoms with Crippen LogP contribution < -0.4 is 4.90 Å². The largest absolute Gasteiger partial charge is 0.367 e. The highest BCUT2D eigenvalue weighted by Gasteiger charge is 2.48. The van der Waals surface area contributed by atoms with Gasteiger partial charge in [0.15, 0.2) is 0 Å². The fraction of sp³-hybridized carbons (Fsp3) is 0.619. The van der Waals surface area contributed by atoms with E-state index in [1.807, 2.05) is 6.20 Å². The molecule has 28 heavy (non-hydrogen) atoms. The third kappa shape index (κ3) is 3.33. The second kappa shape index (κ2) is 7.35. The molecule has 0 amide bonds. The fourth-order valence-electron chi connectivity index (χ4n) is 5.42. The van der Waals surface area contributed by atoms with Gasteiger partial charge in [-0.2, -0.15) is 0 Å². The number of anilines is 1. The molecule has 0 aromatic carbocycles. The van der Waals surface area contributed by atoms with Crippen molar-refractivity contribution in [2.45, 2.75) is 32.2 Å². The molecule has 0 bridgehead atoms. The maximum Gasteiger partial charge on any atom is 0.143 e. The van der Waals surface area contributed by atoms with Gasteiger partial charge in [0.25, 0.3) is 0 Å². The molecule has 2 aliphatic heterocycles. The minimum atomic E-state index is -0.270. The van der Waals surface area contributed by atoms with Crippen LogP contribution in [0, 0.1) is 11.2 Å². The molecule has 0 N–H and O–H groups in total. The standard InChI is InChI=1S/C21H28FN5S/c1-2-25-13-21(14-25)4-3-17(10-21)26-5-7-27(8-6-26)18-9-16(22)11-24-20(18)19-12-23-15-28-19/h9,11-12,15,17H,2-8,10,13-14H2,1H3. The van der Waals surface area contributed by atoms with Gasteiger partial charge in [-0.1, -0.05) is 6.92 Å². The first kappa shape index (κ1) is 18.5. The Bertz CT molecular complexity index is 812. The van der Waals surface area contributed by atoms with E-state index in [1.165, 1.54) is 45.1 Å². The number of rotatable bonds is 4. The van der Waals surface area contributed by atoms with Crippen molar-refractivity contribution < 1.29 is 4.39 Å². The highest BCUT2D eigenvalue weighted by molar-refractivity contribution is 7.13. The Morgan fingerprint density at radius 1 is 1.21 bits per heavy atom. The minimum absolute atomic E-state index is 0.270. The highest BCUT2D eigenvalue weighted by Crippen LogP contribution is 2.47. The van der Waals surface area contributed by atoms with Crippen molar-refractivity contribution in [2.75, 3.05) is 50.7 Å². The summed E-state index contributed by atoms with van der Waals surface area (Å²) in [6.07, 6.45) is 7.21. The lowest BCUT2D eigenvalue weighted by molar-refractivity contribution is 0.00367. The Hall–Kier alpha value is -1.57. The summed E-state index contributed by atoms with van der Waals surface area (Å²) in [4.78, 5) is 17.1. The summed E-state index contributed by atoms with van der Waals surface area (Å²) >= 11 is 1.55. The summed E-state index contributed by atoms with van der Waals surface area (Å²) < 4.78 is 13.9. The van der Waals surface area contributed by atoms with Crippen LogP contribution in [0.2, 0.25) is 0 Å². The predicted octanol–water partition coefficient (Wildman–Crippen LogP) is 3.34. The van der Waals surface area contributed by atoms with Crippen molar-refractivity contribution in [1.82, 2.24) is 19.8 Å². The monoisotopic (exact) mass is 401 g/mol. The number of hydrogen-bond acceptors (Lipinski definition) is 6. The van der Waals surface area contributed by atoms with Gasteiger partial charge in [0, 0.05) is 57.6 Å². The predicted molar refractivity (Wildman–Crippen MR) is 111 cm³/mol. The summed E-state index contributed by atoms with van der Waals surface area (Å²) in [5, 5.41) is 0. The van der Waals surface area contributed by atoms with Crippen LogP contribution in [0.1, 0.15) is 26.2 Å². The molecule has 5 rings (SSSR count). The number of aromatic nitrogens is 2. The van der Waals surface area contributed by atoms with Crippen LogP contribution in [0.25, 0.3) is 10.6 Å². The van der Waals surface area contributed by atoms with Crippen LogP contribution in [0.5, 0.6) is 0 Å². The second-order valence-electron chi connectivity index (χ2n) is 8.61. The number of thiazole rings is 1. The molecular weight excluding hydrogens is 373 g/mol. The number of likely N-dealkylation sites (tertiary alicyclic amines) is 1. The highest BCUT2D eigenvalue weighted by atomic mass is 32.1. The quantitative estimate of drug-likeness (QED) is 0.785. The fourth-order valence-corrected chi connectivity index (χ4v) is 6.05. The van der Waals surface area contributed by atoms with E-state index >= 15 is 0 Å². The Morgan fingerprint density at radius 3 is 2.75 bits per heavy atom. The molecule has 7 heteroatoms. The average Bonchev–Trinajstić information content (AvgIpc) is 3.37. The Morgan fingerprint density at radius 2 is 2.04 bits per heavy atom. The lowest BCUT2D eigenvalue weighted by atomic mass is 9.78. The van der Waals surface area contributed by atoms with Gasteiger partial charge in [0.2, 0.25) is 0 Å². The maximum absolute atomic E-state index is 13.9. The van der Waals surface area contributed by atoms with E-state index in [9.17, 15) is 4.39 Å².